The van der Waals surface area contributed by atoms with Gasteiger partial charge in [0.2, 0.25) is 5.69 Å². The summed E-state index contributed by atoms with van der Waals surface area (Å²) >= 11 is 1.16. The molecule has 1 aromatic carbocycles. The van der Waals surface area contributed by atoms with Crippen LogP contribution in [-0.2, 0) is 0 Å². The second-order valence-electron chi connectivity index (χ2n) is 5.89. The van der Waals surface area contributed by atoms with Crippen LogP contribution >= 0.6 is 11.3 Å². The first kappa shape index (κ1) is 16.2. The number of benzene rings is 1. The van der Waals surface area contributed by atoms with Gasteiger partial charge in [-0.05, 0) is 30.2 Å². The summed E-state index contributed by atoms with van der Waals surface area (Å²) in [7, 11) is 0. The van der Waals surface area contributed by atoms with Crippen molar-refractivity contribution >= 4 is 33.0 Å². The second-order valence-corrected chi connectivity index (χ2v) is 6.89. The fraction of sp³-hybridized carbons (Fsp3) is 0.111. The summed E-state index contributed by atoms with van der Waals surface area (Å²) in [5.74, 6) is -1.34. The predicted molar refractivity (Wildman–Crippen MR) is 94.4 cm³/mol. The maximum Gasteiger partial charge on any atom is 0.312 e. The fourth-order valence-corrected chi connectivity index (χ4v) is 4.09. The summed E-state index contributed by atoms with van der Waals surface area (Å²) in [5.41, 5.74) is 8.67. The molecule has 0 unspecified atom stereocenters. The number of carbonyl (C=O) groups is 1. The van der Waals surface area contributed by atoms with E-state index < -0.39 is 11.7 Å². The monoisotopic (exact) mass is 366 g/mol. The molecule has 0 spiro atoms. The molecule has 26 heavy (non-hydrogen) atoms. The Hall–Kier alpha value is -3.26. The van der Waals surface area contributed by atoms with E-state index in [1.165, 1.54) is 4.68 Å². The summed E-state index contributed by atoms with van der Waals surface area (Å²) in [4.78, 5) is 18.5. The van der Waals surface area contributed by atoms with Gasteiger partial charge in [-0.2, -0.15) is 0 Å². The zero-order valence-corrected chi connectivity index (χ0v) is 14.8. The molecule has 3 heterocycles. The Morgan fingerprint density at radius 3 is 2.73 bits per heavy atom. The van der Waals surface area contributed by atoms with E-state index in [1.807, 2.05) is 26.0 Å². The lowest BCUT2D eigenvalue weighted by Crippen LogP contribution is -2.39. The Labute approximate surface area is 152 Å². The van der Waals surface area contributed by atoms with Crippen molar-refractivity contribution in [1.82, 2.24) is 10.3 Å². The summed E-state index contributed by atoms with van der Waals surface area (Å²) in [5, 5.41) is 16.6. The molecule has 8 heteroatoms. The number of nitrogens with zero attached hydrogens (tertiary/aromatic N) is 3. The van der Waals surface area contributed by atoms with Gasteiger partial charge in [-0.25, -0.2) is 4.98 Å². The molecule has 4 rings (SSSR count). The van der Waals surface area contributed by atoms with E-state index in [-0.39, 0.29) is 10.6 Å². The van der Waals surface area contributed by atoms with Crippen LogP contribution in [0.4, 0.5) is 5.69 Å². The normalized spacial score (nSPS) is 11.2. The van der Waals surface area contributed by atoms with Gasteiger partial charge < -0.3 is 15.4 Å². The number of anilines is 1. The molecule has 0 aliphatic rings. The first-order chi connectivity index (χ1) is 12.5. The van der Waals surface area contributed by atoms with Gasteiger partial charge in [-0.15, -0.1) is 11.3 Å². The van der Waals surface area contributed by atoms with Crippen LogP contribution < -0.4 is 15.5 Å². The molecule has 0 amide bonds. The molecule has 0 saturated heterocycles. The number of rotatable bonds is 3. The van der Waals surface area contributed by atoms with E-state index in [4.69, 9.17) is 10.3 Å². The van der Waals surface area contributed by atoms with Crippen LogP contribution in [0.2, 0.25) is 0 Å². The highest BCUT2D eigenvalue weighted by Gasteiger charge is 2.32. The zero-order chi connectivity index (χ0) is 18.4. The molecule has 7 nitrogen and oxygen atoms in total. The van der Waals surface area contributed by atoms with Crippen LogP contribution in [-0.4, -0.2) is 16.0 Å². The largest absolute Gasteiger partial charge is 0.539 e. The fourth-order valence-electron chi connectivity index (χ4n) is 2.93. The van der Waals surface area contributed by atoms with E-state index in [9.17, 15) is 9.90 Å². The van der Waals surface area contributed by atoms with Crippen LogP contribution in [0.15, 0.2) is 40.9 Å². The minimum atomic E-state index is -0.809. The lowest BCUT2D eigenvalue weighted by atomic mass is 10.1. The van der Waals surface area contributed by atoms with Crippen LogP contribution in [0.3, 0.4) is 0 Å². The van der Waals surface area contributed by atoms with Crippen LogP contribution in [0, 0.1) is 13.8 Å². The van der Waals surface area contributed by atoms with Crippen molar-refractivity contribution in [2.45, 2.75) is 13.8 Å². The summed E-state index contributed by atoms with van der Waals surface area (Å²) in [6.45, 7) is 3.79. The summed E-state index contributed by atoms with van der Waals surface area (Å²) in [6.07, 6.45) is 0. The van der Waals surface area contributed by atoms with Crippen molar-refractivity contribution in [3.63, 3.8) is 0 Å². The zero-order valence-electron chi connectivity index (χ0n) is 14.0. The third kappa shape index (κ3) is 2.42. The number of aryl methyl sites for hydroxylation is 2. The van der Waals surface area contributed by atoms with E-state index in [1.54, 1.807) is 24.3 Å². The van der Waals surface area contributed by atoms with Crippen molar-refractivity contribution < 1.29 is 19.1 Å². The molecular weight excluding hydrogens is 352 g/mol. The van der Waals surface area contributed by atoms with Gasteiger partial charge in [-0.1, -0.05) is 18.2 Å². The Bertz CT molecular complexity index is 1150. The highest BCUT2D eigenvalue weighted by molar-refractivity contribution is 7.21. The molecule has 0 fully saturated rings. The van der Waals surface area contributed by atoms with Gasteiger partial charge in [0.1, 0.15) is 9.71 Å². The first-order valence-electron chi connectivity index (χ1n) is 7.82. The minimum Gasteiger partial charge on any atom is -0.539 e. The third-order valence-electron chi connectivity index (χ3n) is 4.06. The maximum absolute atomic E-state index is 13.1. The first-order valence-corrected chi connectivity index (χ1v) is 8.64. The standard InChI is InChI=1S/C18H14N4O3S/c1-9-8-10(2)20-17-12(9)13(19)16(26-17)15(23)14-18(24)25-21-22(14)11-6-4-3-5-7-11/h3-8H,1-2H3,(H2-,19,21,23,24). The quantitative estimate of drug-likeness (QED) is 0.439. The Morgan fingerprint density at radius 2 is 2.00 bits per heavy atom. The van der Waals surface area contributed by atoms with Crippen LogP contribution in [0.1, 0.15) is 26.6 Å². The lowest BCUT2D eigenvalue weighted by Gasteiger charge is -2.00. The van der Waals surface area contributed by atoms with Crippen molar-refractivity contribution in [3.05, 3.63) is 58.2 Å². The molecule has 0 radical (unpaired) electrons. The molecule has 0 atom stereocenters. The number of pyridine rings is 1. The molecule has 0 aliphatic carbocycles. The predicted octanol–water partition coefficient (Wildman–Crippen LogP) is 2.06. The van der Waals surface area contributed by atoms with Gasteiger partial charge in [0.05, 0.1) is 11.0 Å². The van der Waals surface area contributed by atoms with Crippen molar-refractivity contribution in [1.29, 1.82) is 0 Å². The minimum absolute atomic E-state index is 0.191. The van der Waals surface area contributed by atoms with Crippen molar-refractivity contribution in [2.24, 2.45) is 0 Å². The Balaban J connectivity index is 1.90. The SMILES string of the molecule is Cc1cc(C)c2c(N)c(C(=O)c3c([O-])on[n+]3-c3ccccc3)sc2n1. The Kier molecular flexibility index (Phi) is 3.69. The van der Waals surface area contributed by atoms with Gasteiger partial charge in [-0.3, -0.25) is 4.79 Å². The van der Waals surface area contributed by atoms with E-state index >= 15 is 0 Å². The van der Waals surface area contributed by atoms with E-state index in [0.717, 1.165) is 28.0 Å². The number of hydrogen-bond acceptors (Lipinski definition) is 7. The molecule has 0 bridgehead atoms. The van der Waals surface area contributed by atoms with Gasteiger partial charge in [0.25, 0.3) is 5.78 Å². The van der Waals surface area contributed by atoms with Crippen LogP contribution in [0.25, 0.3) is 15.9 Å². The molecule has 2 N–H and O–H groups in total. The van der Waals surface area contributed by atoms with Gasteiger partial charge in [0, 0.05) is 23.2 Å². The number of ketones is 1. The number of aromatic nitrogens is 3. The third-order valence-corrected chi connectivity index (χ3v) is 5.15. The second kappa shape index (κ2) is 5.92. The average molecular weight is 366 g/mol. The Morgan fingerprint density at radius 1 is 1.27 bits per heavy atom. The summed E-state index contributed by atoms with van der Waals surface area (Å²) < 4.78 is 5.93. The number of para-hydroxylation sites is 1. The lowest BCUT2D eigenvalue weighted by molar-refractivity contribution is -0.672. The van der Waals surface area contributed by atoms with Gasteiger partial charge in [0.15, 0.2) is 5.95 Å². The molecular formula is C18H14N4O3S. The van der Waals surface area contributed by atoms with Gasteiger partial charge >= 0.3 is 5.69 Å². The van der Waals surface area contributed by atoms with Crippen LogP contribution in [0.5, 0.6) is 5.95 Å². The number of thiophene rings is 1. The van der Waals surface area contributed by atoms with Crippen molar-refractivity contribution in [3.8, 4) is 11.6 Å². The molecule has 130 valence electrons. The molecule has 4 aromatic rings. The summed E-state index contributed by atoms with van der Waals surface area (Å²) in [6, 6.07) is 10.7. The highest BCUT2D eigenvalue weighted by atomic mass is 32.1. The number of nitrogen functional groups attached to an aromatic ring is 1. The highest BCUT2D eigenvalue weighted by Crippen LogP contribution is 2.36. The van der Waals surface area contributed by atoms with E-state index in [2.05, 4.69) is 10.3 Å². The molecule has 0 aliphatic heterocycles. The smallest absolute Gasteiger partial charge is 0.312 e. The number of hydrogen-bond donors (Lipinski definition) is 1. The molecule has 3 aromatic heterocycles. The number of carbonyl (C=O) groups excluding carboxylic acids is 1. The topological polar surface area (TPSA) is 109 Å². The van der Waals surface area contributed by atoms with Crippen molar-refractivity contribution in [2.75, 3.05) is 5.73 Å². The number of nitrogens with two attached hydrogens (primary N) is 1. The molecule has 0 saturated carbocycles. The average Bonchev–Trinajstić information content (AvgIpc) is 3.15. The van der Waals surface area contributed by atoms with E-state index in [0.29, 0.717) is 16.2 Å². The number of fused-ring (bicyclic) bond motifs is 1. The maximum atomic E-state index is 13.1.